The van der Waals surface area contributed by atoms with Crippen molar-refractivity contribution in [3.8, 4) is 0 Å². The van der Waals surface area contributed by atoms with Gasteiger partial charge in [0.2, 0.25) is 0 Å². The average molecular weight is 325 g/mol. The Morgan fingerprint density at radius 2 is 2.11 bits per heavy atom. The summed E-state index contributed by atoms with van der Waals surface area (Å²) in [4.78, 5) is 4.47. The molecule has 0 spiro atoms. The quantitative estimate of drug-likeness (QED) is 0.842. The van der Waals surface area contributed by atoms with E-state index in [1.165, 1.54) is 50.6 Å². The molecule has 2 nitrogen and oxygen atoms in total. The summed E-state index contributed by atoms with van der Waals surface area (Å²) in [6, 6.07) is 4.76. The van der Waals surface area contributed by atoms with E-state index in [0.29, 0.717) is 6.04 Å². The number of nitrogens with zero attached hydrogens (tertiary/aromatic N) is 1. The first-order chi connectivity index (χ1) is 9.28. The Balaban J connectivity index is 1.77. The Hall–Kier alpha value is -0.410. The molecule has 1 atom stereocenters. The van der Waals surface area contributed by atoms with Crippen molar-refractivity contribution in [3.05, 3.63) is 28.5 Å². The van der Waals surface area contributed by atoms with Crippen molar-refractivity contribution >= 4 is 15.9 Å². The van der Waals surface area contributed by atoms with Crippen molar-refractivity contribution in [2.45, 2.75) is 57.4 Å². The third-order valence-corrected chi connectivity index (χ3v) is 4.77. The first-order valence-electron chi connectivity index (χ1n) is 7.55. The molecule has 1 heterocycles. The number of rotatable bonds is 6. The number of hydrogen-bond donors (Lipinski definition) is 1. The molecule has 1 fully saturated rings. The molecular weight excluding hydrogens is 300 g/mol. The minimum absolute atomic E-state index is 0.565. The zero-order valence-corrected chi connectivity index (χ0v) is 13.5. The summed E-state index contributed by atoms with van der Waals surface area (Å²) < 4.78 is 1.06. The number of nitrogens with one attached hydrogen (secondary N) is 1. The van der Waals surface area contributed by atoms with E-state index in [9.17, 15) is 0 Å². The van der Waals surface area contributed by atoms with Crippen LogP contribution < -0.4 is 5.32 Å². The van der Waals surface area contributed by atoms with Gasteiger partial charge in [0.15, 0.2) is 0 Å². The SMILES string of the molecule is CNC(CCC1CCCCC1)Cc1ccc(Br)cn1. The number of halogens is 1. The summed E-state index contributed by atoms with van der Waals surface area (Å²) in [5.74, 6) is 0.975. The summed E-state index contributed by atoms with van der Waals surface area (Å²) >= 11 is 3.43. The minimum Gasteiger partial charge on any atom is -0.317 e. The fraction of sp³-hybridized carbons (Fsp3) is 0.688. The molecule has 19 heavy (non-hydrogen) atoms. The largest absolute Gasteiger partial charge is 0.317 e. The van der Waals surface area contributed by atoms with Gasteiger partial charge in [-0.05, 0) is 53.9 Å². The Labute approximate surface area is 125 Å². The first-order valence-corrected chi connectivity index (χ1v) is 8.35. The molecule has 106 valence electrons. The Bertz CT molecular complexity index is 358. The predicted octanol–water partition coefficient (Wildman–Crippen LogP) is 4.34. The maximum absolute atomic E-state index is 4.47. The van der Waals surface area contributed by atoms with E-state index in [0.717, 1.165) is 16.8 Å². The maximum atomic E-state index is 4.47. The highest BCUT2D eigenvalue weighted by Gasteiger charge is 2.16. The fourth-order valence-electron chi connectivity index (χ4n) is 3.04. The van der Waals surface area contributed by atoms with E-state index in [4.69, 9.17) is 0 Å². The van der Waals surface area contributed by atoms with Gasteiger partial charge >= 0.3 is 0 Å². The lowest BCUT2D eigenvalue weighted by molar-refractivity contribution is 0.315. The molecular formula is C16H25BrN2. The highest BCUT2D eigenvalue weighted by atomic mass is 79.9. The summed E-state index contributed by atoms with van der Waals surface area (Å²) in [6.45, 7) is 0. The van der Waals surface area contributed by atoms with Gasteiger partial charge in [-0.3, -0.25) is 4.98 Å². The zero-order chi connectivity index (χ0) is 13.5. The van der Waals surface area contributed by atoms with Crippen LogP contribution >= 0.6 is 15.9 Å². The Morgan fingerprint density at radius 3 is 2.74 bits per heavy atom. The highest BCUT2D eigenvalue weighted by molar-refractivity contribution is 9.10. The molecule has 0 bridgehead atoms. The lowest BCUT2D eigenvalue weighted by atomic mass is 9.85. The van der Waals surface area contributed by atoms with Crippen LogP contribution in [0.4, 0.5) is 0 Å². The van der Waals surface area contributed by atoms with Crippen LogP contribution in [-0.4, -0.2) is 18.1 Å². The van der Waals surface area contributed by atoms with E-state index in [-0.39, 0.29) is 0 Å². The number of likely N-dealkylation sites (N-methyl/N-ethyl adjacent to an activating group) is 1. The standard InChI is InChI=1S/C16H25BrN2/c1-18-15(9-7-13-5-3-2-4-6-13)11-16-10-8-14(17)12-19-16/h8,10,12-13,15,18H,2-7,9,11H2,1H3. The Morgan fingerprint density at radius 1 is 1.32 bits per heavy atom. The van der Waals surface area contributed by atoms with Crippen LogP contribution in [0.2, 0.25) is 0 Å². The second kappa shape index (κ2) is 8.01. The third-order valence-electron chi connectivity index (χ3n) is 4.30. The lowest BCUT2D eigenvalue weighted by Gasteiger charge is -2.24. The predicted molar refractivity (Wildman–Crippen MR) is 84.3 cm³/mol. The molecule has 1 aliphatic carbocycles. The number of aromatic nitrogens is 1. The van der Waals surface area contributed by atoms with Gasteiger partial charge in [0.25, 0.3) is 0 Å². The Kier molecular flexibility index (Phi) is 6.32. The van der Waals surface area contributed by atoms with Crippen LogP contribution in [0.3, 0.4) is 0 Å². The van der Waals surface area contributed by atoms with Crippen LogP contribution in [0, 0.1) is 5.92 Å². The summed E-state index contributed by atoms with van der Waals surface area (Å²) in [6.07, 6.45) is 12.8. The smallest absolute Gasteiger partial charge is 0.0419 e. The van der Waals surface area contributed by atoms with Gasteiger partial charge in [-0.15, -0.1) is 0 Å². The average Bonchev–Trinajstić information content (AvgIpc) is 2.46. The van der Waals surface area contributed by atoms with Gasteiger partial charge in [-0.2, -0.15) is 0 Å². The molecule has 0 radical (unpaired) electrons. The second-order valence-electron chi connectivity index (χ2n) is 5.74. The third kappa shape index (κ3) is 5.23. The molecule has 0 saturated heterocycles. The number of pyridine rings is 1. The van der Waals surface area contributed by atoms with Gasteiger partial charge < -0.3 is 5.32 Å². The normalized spacial score (nSPS) is 18.4. The maximum Gasteiger partial charge on any atom is 0.0419 e. The summed E-state index contributed by atoms with van der Waals surface area (Å²) in [5, 5.41) is 3.45. The zero-order valence-electron chi connectivity index (χ0n) is 11.9. The van der Waals surface area contributed by atoms with Crippen LogP contribution in [-0.2, 0) is 6.42 Å². The van der Waals surface area contributed by atoms with Crippen molar-refractivity contribution in [3.63, 3.8) is 0 Å². The minimum atomic E-state index is 0.565. The molecule has 0 aliphatic heterocycles. The molecule has 1 unspecified atom stereocenters. The van der Waals surface area contributed by atoms with Gasteiger partial charge in [-0.25, -0.2) is 0 Å². The van der Waals surface area contributed by atoms with E-state index in [1.54, 1.807) is 0 Å². The molecule has 1 N–H and O–H groups in total. The van der Waals surface area contributed by atoms with Gasteiger partial charge in [0.1, 0.15) is 0 Å². The molecule has 1 aliphatic rings. The summed E-state index contributed by atoms with van der Waals surface area (Å²) in [7, 11) is 2.07. The van der Waals surface area contributed by atoms with Crippen molar-refractivity contribution < 1.29 is 0 Å². The molecule has 2 rings (SSSR count). The van der Waals surface area contributed by atoms with E-state index >= 15 is 0 Å². The monoisotopic (exact) mass is 324 g/mol. The van der Waals surface area contributed by atoms with E-state index in [2.05, 4.69) is 45.4 Å². The van der Waals surface area contributed by atoms with Crippen LogP contribution in [0.1, 0.15) is 50.6 Å². The van der Waals surface area contributed by atoms with Crippen molar-refractivity contribution in [2.75, 3.05) is 7.05 Å². The van der Waals surface area contributed by atoms with Gasteiger partial charge in [-0.1, -0.05) is 32.1 Å². The van der Waals surface area contributed by atoms with E-state index < -0.39 is 0 Å². The van der Waals surface area contributed by atoms with Crippen molar-refractivity contribution in [1.29, 1.82) is 0 Å². The van der Waals surface area contributed by atoms with Gasteiger partial charge in [0.05, 0.1) is 0 Å². The lowest BCUT2D eigenvalue weighted by Crippen LogP contribution is -2.28. The first kappa shape index (κ1) is 15.0. The molecule has 1 aromatic heterocycles. The van der Waals surface area contributed by atoms with Crippen molar-refractivity contribution in [1.82, 2.24) is 10.3 Å². The van der Waals surface area contributed by atoms with Crippen molar-refractivity contribution in [2.24, 2.45) is 5.92 Å². The highest BCUT2D eigenvalue weighted by Crippen LogP contribution is 2.28. The van der Waals surface area contributed by atoms with Gasteiger partial charge in [0, 0.05) is 28.8 Å². The van der Waals surface area contributed by atoms with Crippen LogP contribution in [0.15, 0.2) is 22.8 Å². The molecule has 0 amide bonds. The van der Waals surface area contributed by atoms with E-state index in [1.807, 2.05) is 6.20 Å². The van der Waals surface area contributed by atoms with Crippen LogP contribution in [0.5, 0.6) is 0 Å². The second-order valence-corrected chi connectivity index (χ2v) is 6.65. The molecule has 3 heteroatoms. The molecule has 1 aromatic rings. The topological polar surface area (TPSA) is 24.9 Å². The summed E-state index contributed by atoms with van der Waals surface area (Å²) in [5.41, 5.74) is 1.19. The molecule has 1 saturated carbocycles. The van der Waals surface area contributed by atoms with Crippen LogP contribution in [0.25, 0.3) is 0 Å². The fourth-order valence-corrected chi connectivity index (χ4v) is 3.28. The number of hydrogen-bond acceptors (Lipinski definition) is 2. The molecule has 0 aromatic carbocycles.